The maximum atomic E-state index is 5.75. The lowest BCUT2D eigenvalue weighted by molar-refractivity contribution is 0.956. The zero-order valence-corrected chi connectivity index (χ0v) is 8.01. The molecule has 0 heterocycles. The van der Waals surface area contributed by atoms with E-state index in [1.807, 2.05) is 6.08 Å². The number of allylic oxidation sites excluding steroid dienone is 2. The Bertz CT molecular complexity index is 99.0. The highest BCUT2D eigenvalue weighted by molar-refractivity contribution is 6.30. The van der Waals surface area contributed by atoms with Crippen LogP contribution in [0.5, 0.6) is 0 Å². The summed E-state index contributed by atoms with van der Waals surface area (Å²) in [7, 11) is 0. The third-order valence-corrected chi connectivity index (χ3v) is 1.84. The van der Waals surface area contributed by atoms with Crippen LogP contribution in [-0.4, -0.2) is 11.8 Å². The van der Waals surface area contributed by atoms with E-state index < -0.39 is 0 Å². The average molecular weight is 202 g/mol. The van der Waals surface area contributed by atoms with Gasteiger partial charge in [0, 0.05) is 16.8 Å². The van der Waals surface area contributed by atoms with E-state index in [2.05, 4.69) is 0 Å². The van der Waals surface area contributed by atoms with Crippen molar-refractivity contribution >= 4 is 34.8 Å². The lowest BCUT2D eigenvalue weighted by atomic mass is 10.3. The summed E-state index contributed by atoms with van der Waals surface area (Å²) in [5, 5.41) is 0.847. The molecule has 0 unspecified atom stereocenters. The van der Waals surface area contributed by atoms with Crippen LogP contribution in [0.15, 0.2) is 11.1 Å². The summed E-state index contributed by atoms with van der Waals surface area (Å²) < 4.78 is 0. The fraction of sp³-hybridized carbons (Fsp3) is 0.714. The van der Waals surface area contributed by atoms with Gasteiger partial charge < -0.3 is 0 Å². The van der Waals surface area contributed by atoms with Crippen molar-refractivity contribution in [2.24, 2.45) is 0 Å². The second kappa shape index (κ2) is 7.71. The van der Waals surface area contributed by atoms with Gasteiger partial charge in [-0.05, 0) is 19.3 Å². The van der Waals surface area contributed by atoms with Gasteiger partial charge in [0.15, 0.2) is 0 Å². The van der Waals surface area contributed by atoms with Crippen molar-refractivity contribution in [3.63, 3.8) is 0 Å². The summed E-state index contributed by atoms with van der Waals surface area (Å²) >= 11 is 16.7. The Kier molecular flexibility index (Phi) is 8.18. The van der Waals surface area contributed by atoms with Gasteiger partial charge in [0.05, 0.1) is 0 Å². The monoisotopic (exact) mass is 200 g/mol. The van der Waals surface area contributed by atoms with E-state index in [0.717, 1.165) is 24.3 Å². The highest BCUT2D eigenvalue weighted by Crippen LogP contribution is 2.10. The third-order valence-electron chi connectivity index (χ3n) is 1.04. The minimum absolute atomic E-state index is 0.593. The van der Waals surface area contributed by atoms with Gasteiger partial charge in [0.2, 0.25) is 0 Å². The van der Waals surface area contributed by atoms with Crippen LogP contribution in [0.4, 0.5) is 0 Å². The highest BCUT2D eigenvalue weighted by Gasteiger charge is 1.89. The van der Waals surface area contributed by atoms with Crippen LogP contribution < -0.4 is 0 Å². The van der Waals surface area contributed by atoms with Crippen molar-refractivity contribution in [1.82, 2.24) is 0 Å². The molecular formula is C7H11Cl3. The predicted octanol–water partition coefficient (Wildman–Crippen LogP) is 3.76. The molecule has 0 fully saturated rings. The third kappa shape index (κ3) is 6.73. The van der Waals surface area contributed by atoms with Crippen LogP contribution in [-0.2, 0) is 0 Å². The Morgan fingerprint density at radius 2 is 1.90 bits per heavy atom. The van der Waals surface area contributed by atoms with Gasteiger partial charge in [-0.15, -0.1) is 23.2 Å². The molecule has 0 aromatic heterocycles. The first kappa shape index (κ1) is 10.6. The summed E-state index contributed by atoms with van der Waals surface area (Å²) in [5.74, 6) is 1.29. The molecule has 0 radical (unpaired) electrons. The number of unbranched alkanes of at least 4 members (excludes halogenated alkanes) is 1. The first-order valence-electron chi connectivity index (χ1n) is 3.27. The zero-order chi connectivity index (χ0) is 7.82. The number of rotatable bonds is 5. The summed E-state index contributed by atoms with van der Waals surface area (Å²) in [6, 6.07) is 0. The molecule has 0 rings (SSSR count). The molecule has 60 valence electrons. The molecule has 0 aromatic rings. The molecule has 0 N–H and O–H groups in total. The molecule has 0 saturated carbocycles. The van der Waals surface area contributed by atoms with Crippen molar-refractivity contribution in [2.75, 3.05) is 11.8 Å². The molecule has 0 amide bonds. The Morgan fingerprint density at radius 1 is 1.20 bits per heavy atom. The van der Waals surface area contributed by atoms with Gasteiger partial charge in [-0.25, -0.2) is 0 Å². The fourth-order valence-electron chi connectivity index (χ4n) is 0.528. The zero-order valence-electron chi connectivity index (χ0n) is 5.75. The fourth-order valence-corrected chi connectivity index (χ4v) is 1.19. The van der Waals surface area contributed by atoms with E-state index in [4.69, 9.17) is 34.8 Å². The molecule has 10 heavy (non-hydrogen) atoms. The molecule has 0 bridgehead atoms. The van der Waals surface area contributed by atoms with Crippen molar-refractivity contribution in [1.29, 1.82) is 0 Å². The maximum absolute atomic E-state index is 5.75. The first-order valence-corrected chi connectivity index (χ1v) is 4.72. The van der Waals surface area contributed by atoms with E-state index in [9.17, 15) is 0 Å². The molecule has 0 aliphatic heterocycles. The minimum Gasteiger partial charge on any atom is -0.127 e. The van der Waals surface area contributed by atoms with Gasteiger partial charge in [-0.3, -0.25) is 0 Å². The van der Waals surface area contributed by atoms with Crippen LogP contribution in [0, 0.1) is 0 Å². The largest absolute Gasteiger partial charge is 0.127 e. The Balaban J connectivity index is 3.28. The normalized spacial score (nSPS) is 12.1. The van der Waals surface area contributed by atoms with E-state index in [1.54, 1.807) is 0 Å². The van der Waals surface area contributed by atoms with Crippen LogP contribution in [0.1, 0.15) is 19.3 Å². The average Bonchev–Trinajstić information content (AvgIpc) is 1.89. The van der Waals surface area contributed by atoms with Crippen molar-refractivity contribution < 1.29 is 0 Å². The molecule has 0 spiro atoms. The highest BCUT2D eigenvalue weighted by atomic mass is 35.5. The van der Waals surface area contributed by atoms with E-state index in [1.165, 1.54) is 0 Å². The SMILES string of the molecule is ClCCC/C=C(/Cl)CCCl. The number of hydrogen-bond donors (Lipinski definition) is 0. The molecule has 0 aliphatic carbocycles. The van der Waals surface area contributed by atoms with Gasteiger partial charge in [-0.1, -0.05) is 17.7 Å². The van der Waals surface area contributed by atoms with E-state index >= 15 is 0 Å². The quantitative estimate of drug-likeness (QED) is 0.469. The van der Waals surface area contributed by atoms with Gasteiger partial charge in [-0.2, -0.15) is 0 Å². The Labute approximate surface area is 77.1 Å². The van der Waals surface area contributed by atoms with Gasteiger partial charge >= 0.3 is 0 Å². The molecule has 3 heteroatoms. The van der Waals surface area contributed by atoms with E-state index in [0.29, 0.717) is 11.8 Å². The van der Waals surface area contributed by atoms with Gasteiger partial charge in [0.25, 0.3) is 0 Å². The van der Waals surface area contributed by atoms with Crippen LogP contribution >= 0.6 is 34.8 Å². The first-order chi connectivity index (χ1) is 4.81. The maximum Gasteiger partial charge on any atom is 0.0272 e. The minimum atomic E-state index is 0.593. The second-order valence-corrected chi connectivity index (χ2v) is 3.16. The van der Waals surface area contributed by atoms with Gasteiger partial charge in [0.1, 0.15) is 0 Å². The number of halogens is 3. The molecule has 0 nitrogen and oxygen atoms in total. The van der Waals surface area contributed by atoms with Crippen LogP contribution in [0.3, 0.4) is 0 Å². The number of hydrogen-bond acceptors (Lipinski definition) is 0. The lowest BCUT2D eigenvalue weighted by Gasteiger charge is -1.92. The Morgan fingerprint density at radius 3 is 2.40 bits per heavy atom. The predicted molar refractivity (Wildman–Crippen MR) is 49.2 cm³/mol. The molecular weight excluding hydrogens is 190 g/mol. The number of alkyl halides is 2. The standard InChI is InChI=1S/C7H11Cl3/c8-5-2-1-3-7(10)4-6-9/h3H,1-2,4-6H2/b7-3+. The molecule has 0 saturated heterocycles. The lowest BCUT2D eigenvalue weighted by Crippen LogP contribution is -1.77. The van der Waals surface area contributed by atoms with Crippen LogP contribution in [0.2, 0.25) is 0 Å². The molecule has 0 atom stereocenters. The molecule has 0 aromatic carbocycles. The Hall–Kier alpha value is 0.610. The smallest absolute Gasteiger partial charge is 0.0272 e. The van der Waals surface area contributed by atoms with Crippen LogP contribution in [0.25, 0.3) is 0 Å². The second-order valence-electron chi connectivity index (χ2n) is 1.92. The van der Waals surface area contributed by atoms with E-state index in [-0.39, 0.29) is 0 Å². The summed E-state index contributed by atoms with van der Waals surface area (Å²) in [4.78, 5) is 0. The summed E-state index contributed by atoms with van der Waals surface area (Å²) in [6.07, 6.45) is 4.69. The summed E-state index contributed by atoms with van der Waals surface area (Å²) in [5.41, 5.74) is 0. The van der Waals surface area contributed by atoms with Crippen molar-refractivity contribution in [3.8, 4) is 0 Å². The molecule has 0 aliphatic rings. The van der Waals surface area contributed by atoms with Crippen molar-refractivity contribution in [3.05, 3.63) is 11.1 Å². The topological polar surface area (TPSA) is 0 Å². The van der Waals surface area contributed by atoms with Crippen molar-refractivity contribution in [2.45, 2.75) is 19.3 Å². The summed E-state index contributed by atoms with van der Waals surface area (Å²) in [6.45, 7) is 0.